The number of amides is 1. The molecule has 1 fully saturated rings. The number of carbonyl (C=O) groups is 1. The Bertz CT molecular complexity index is 1040. The molecule has 0 atom stereocenters. The average Bonchev–Trinajstić information content (AvgIpc) is 3.27. The maximum Gasteiger partial charge on any atom is 0.282 e. The van der Waals surface area contributed by atoms with E-state index in [9.17, 15) is 18.0 Å². The first-order valence-electron chi connectivity index (χ1n) is 9.01. The van der Waals surface area contributed by atoms with Gasteiger partial charge in [0.05, 0.1) is 18.4 Å². The molecule has 0 spiro atoms. The summed E-state index contributed by atoms with van der Waals surface area (Å²) >= 11 is 6.02. The molecule has 3 aromatic rings. The van der Waals surface area contributed by atoms with Crippen LogP contribution in [0.3, 0.4) is 0 Å². The first-order chi connectivity index (χ1) is 13.9. The van der Waals surface area contributed by atoms with Crippen molar-refractivity contribution in [2.24, 2.45) is 0 Å². The highest BCUT2D eigenvalue weighted by Crippen LogP contribution is 2.41. The lowest BCUT2D eigenvalue weighted by Crippen LogP contribution is -2.20. The van der Waals surface area contributed by atoms with Crippen molar-refractivity contribution in [3.8, 4) is 0 Å². The molecule has 10 heteroatoms. The summed E-state index contributed by atoms with van der Waals surface area (Å²) in [6.45, 7) is 0.144. The Balaban J connectivity index is 1.41. The highest BCUT2D eigenvalue weighted by Gasteiger charge is 2.30. The number of aromatic nitrogens is 4. The van der Waals surface area contributed by atoms with E-state index in [0.29, 0.717) is 23.5 Å². The number of nitrogens with one attached hydrogen (secondary N) is 1. The van der Waals surface area contributed by atoms with Gasteiger partial charge in [0.1, 0.15) is 18.1 Å². The standard InChI is InChI=1S/C19H17ClF3N5O/c20-15-5-13(21)4-3-12(15)8-27-9-14(7-24-27)25-18(29)10-28-17(11-1-2-11)6-16(26-28)19(22)23/h3-7,9,11,19H,1-2,8,10H2,(H,25,29). The second-order valence-corrected chi connectivity index (χ2v) is 7.34. The fraction of sp³-hybridized carbons (Fsp3) is 0.316. The van der Waals surface area contributed by atoms with Crippen LogP contribution in [0.4, 0.5) is 18.9 Å². The van der Waals surface area contributed by atoms with Crippen LogP contribution in [0.2, 0.25) is 5.02 Å². The molecule has 6 nitrogen and oxygen atoms in total. The summed E-state index contributed by atoms with van der Waals surface area (Å²) in [7, 11) is 0. The van der Waals surface area contributed by atoms with Crippen molar-refractivity contribution in [3.05, 3.63) is 64.5 Å². The van der Waals surface area contributed by atoms with E-state index >= 15 is 0 Å². The van der Waals surface area contributed by atoms with E-state index in [0.717, 1.165) is 12.8 Å². The van der Waals surface area contributed by atoms with E-state index in [1.54, 1.807) is 16.9 Å². The molecule has 0 unspecified atom stereocenters. The fourth-order valence-electron chi connectivity index (χ4n) is 3.07. The van der Waals surface area contributed by atoms with Gasteiger partial charge in [-0.15, -0.1) is 0 Å². The van der Waals surface area contributed by atoms with Crippen LogP contribution in [-0.2, 0) is 17.9 Å². The average molecular weight is 424 g/mol. The fourth-order valence-corrected chi connectivity index (χ4v) is 3.30. The lowest BCUT2D eigenvalue weighted by Gasteiger charge is -2.07. The topological polar surface area (TPSA) is 64.7 Å². The second kappa shape index (κ2) is 7.90. The van der Waals surface area contributed by atoms with Gasteiger partial charge >= 0.3 is 0 Å². The van der Waals surface area contributed by atoms with Gasteiger partial charge in [-0.05, 0) is 36.6 Å². The Kier molecular flexibility index (Phi) is 5.31. The quantitative estimate of drug-likeness (QED) is 0.613. The van der Waals surface area contributed by atoms with Crippen LogP contribution >= 0.6 is 11.6 Å². The minimum atomic E-state index is -2.67. The summed E-state index contributed by atoms with van der Waals surface area (Å²) in [6.07, 6.45) is 2.22. The summed E-state index contributed by atoms with van der Waals surface area (Å²) in [5, 5.41) is 11.0. The van der Waals surface area contributed by atoms with Crippen molar-refractivity contribution in [2.45, 2.75) is 38.3 Å². The Hall–Kier alpha value is -2.81. The third-order valence-corrected chi connectivity index (χ3v) is 4.96. The number of benzene rings is 1. The molecule has 0 aliphatic heterocycles. The van der Waals surface area contributed by atoms with E-state index in [-0.39, 0.29) is 23.2 Å². The van der Waals surface area contributed by atoms with Gasteiger partial charge in [-0.3, -0.25) is 14.2 Å². The summed E-state index contributed by atoms with van der Waals surface area (Å²) in [5.74, 6) is -0.632. The molecule has 2 aromatic heterocycles. The zero-order valence-electron chi connectivity index (χ0n) is 15.2. The molecule has 1 aromatic carbocycles. The Morgan fingerprint density at radius 1 is 1.31 bits per heavy atom. The van der Waals surface area contributed by atoms with Crippen LogP contribution < -0.4 is 5.32 Å². The third-order valence-electron chi connectivity index (χ3n) is 4.61. The summed E-state index contributed by atoms with van der Waals surface area (Å²) in [5.41, 5.74) is 1.47. The molecule has 1 aliphatic carbocycles. The zero-order valence-corrected chi connectivity index (χ0v) is 15.9. The van der Waals surface area contributed by atoms with Gasteiger partial charge in [-0.1, -0.05) is 17.7 Å². The lowest BCUT2D eigenvalue weighted by atomic mass is 10.2. The number of alkyl halides is 2. The van der Waals surface area contributed by atoms with E-state index in [1.165, 1.54) is 29.1 Å². The maximum absolute atomic E-state index is 13.1. The van der Waals surface area contributed by atoms with Gasteiger partial charge in [-0.2, -0.15) is 10.2 Å². The van der Waals surface area contributed by atoms with Crippen LogP contribution in [-0.4, -0.2) is 25.5 Å². The summed E-state index contributed by atoms with van der Waals surface area (Å²) < 4.78 is 41.9. The van der Waals surface area contributed by atoms with Crippen molar-refractivity contribution in [1.29, 1.82) is 0 Å². The van der Waals surface area contributed by atoms with Crippen LogP contribution in [0.5, 0.6) is 0 Å². The largest absolute Gasteiger partial charge is 0.322 e. The predicted molar refractivity (Wildman–Crippen MR) is 101 cm³/mol. The van der Waals surface area contributed by atoms with Gasteiger partial charge < -0.3 is 5.32 Å². The first-order valence-corrected chi connectivity index (χ1v) is 9.39. The van der Waals surface area contributed by atoms with E-state index < -0.39 is 18.1 Å². The van der Waals surface area contributed by atoms with Crippen molar-refractivity contribution < 1.29 is 18.0 Å². The van der Waals surface area contributed by atoms with Gasteiger partial charge in [0.2, 0.25) is 5.91 Å². The Morgan fingerprint density at radius 2 is 2.10 bits per heavy atom. The zero-order chi connectivity index (χ0) is 20.5. The number of halogens is 4. The van der Waals surface area contributed by atoms with Crippen LogP contribution in [0.25, 0.3) is 0 Å². The van der Waals surface area contributed by atoms with Gasteiger partial charge in [0.25, 0.3) is 6.43 Å². The maximum atomic E-state index is 13.1. The molecule has 1 saturated carbocycles. The SMILES string of the molecule is O=C(Cn1nc(C(F)F)cc1C1CC1)Nc1cnn(Cc2ccc(F)cc2Cl)c1. The molecular formula is C19H17ClF3N5O. The number of nitrogens with zero attached hydrogens (tertiary/aromatic N) is 4. The van der Waals surface area contributed by atoms with Gasteiger partial charge in [0.15, 0.2) is 0 Å². The van der Waals surface area contributed by atoms with Crippen LogP contribution in [0, 0.1) is 5.82 Å². The molecule has 1 amide bonds. The molecule has 0 radical (unpaired) electrons. The van der Waals surface area contributed by atoms with Gasteiger partial charge in [-0.25, -0.2) is 13.2 Å². The third kappa shape index (κ3) is 4.61. The number of carbonyl (C=O) groups excluding carboxylic acids is 1. The first kappa shape index (κ1) is 19.5. The molecule has 1 N–H and O–H groups in total. The van der Waals surface area contributed by atoms with E-state index in [1.807, 2.05) is 0 Å². The Morgan fingerprint density at radius 3 is 2.79 bits per heavy atom. The van der Waals surface area contributed by atoms with Crippen molar-refractivity contribution in [1.82, 2.24) is 19.6 Å². The highest BCUT2D eigenvalue weighted by atomic mass is 35.5. The summed E-state index contributed by atoms with van der Waals surface area (Å²) in [6, 6.07) is 5.47. The Labute approximate surface area is 169 Å². The van der Waals surface area contributed by atoms with Gasteiger partial charge in [0, 0.05) is 22.8 Å². The second-order valence-electron chi connectivity index (χ2n) is 6.94. The summed E-state index contributed by atoms with van der Waals surface area (Å²) in [4.78, 5) is 12.4. The van der Waals surface area contributed by atoms with E-state index in [4.69, 9.17) is 11.6 Å². The molecular weight excluding hydrogens is 407 g/mol. The molecule has 2 heterocycles. The molecule has 4 rings (SSSR count). The van der Waals surface area contributed by atoms with Crippen LogP contribution in [0.1, 0.15) is 42.1 Å². The van der Waals surface area contributed by atoms with Crippen molar-refractivity contribution >= 4 is 23.2 Å². The normalized spacial score (nSPS) is 13.8. The molecule has 0 saturated heterocycles. The number of rotatable bonds is 7. The number of anilines is 1. The van der Waals surface area contributed by atoms with Crippen LogP contribution in [0.15, 0.2) is 36.7 Å². The minimum Gasteiger partial charge on any atom is -0.322 e. The number of hydrogen-bond acceptors (Lipinski definition) is 3. The molecule has 0 bridgehead atoms. The predicted octanol–water partition coefficient (Wildman–Crippen LogP) is 4.37. The highest BCUT2D eigenvalue weighted by molar-refractivity contribution is 6.31. The van der Waals surface area contributed by atoms with Crippen molar-refractivity contribution in [2.75, 3.05) is 5.32 Å². The lowest BCUT2D eigenvalue weighted by molar-refractivity contribution is -0.117. The number of hydrogen-bond donors (Lipinski definition) is 1. The smallest absolute Gasteiger partial charge is 0.282 e. The molecule has 1 aliphatic rings. The van der Waals surface area contributed by atoms with Crippen molar-refractivity contribution in [3.63, 3.8) is 0 Å². The molecule has 29 heavy (non-hydrogen) atoms. The minimum absolute atomic E-state index is 0.159. The monoisotopic (exact) mass is 423 g/mol. The molecule has 152 valence electrons. The van der Waals surface area contributed by atoms with E-state index in [2.05, 4.69) is 15.5 Å².